The quantitative estimate of drug-likeness (QED) is 0.629. The first-order valence-electron chi connectivity index (χ1n) is 9.22. The van der Waals surface area contributed by atoms with Crippen LogP contribution in [-0.2, 0) is 4.74 Å². The molecule has 1 aliphatic heterocycles. The third-order valence-electron chi connectivity index (χ3n) is 5.32. The predicted molar refractivity (Wildman–Crippen MR) is 107 cm³/mol. The fraction of sp³-hybridized carbons (Fsp3) is 0.217. The first-order chi connectivity index (χ1) is 14.1. The summed E-state index contributed by atoms with van der Waals surface area (Å²) in [7, 11) is 4.48. The van der Waals surface area contributed by atoms with Crippen molar-refractivity contribution in [2.24, 2.45) is 0 Å². The van der Waals surface area contributed by atoms with Crippen molar-refractivity contribution in [3.8, 4) is 17.2 Å². The Morgan fingerprint density at radius 1 is 1.00 bits per heavy atom. The number of methoxy groups -OCH3 is 3. The minimum atomic E-state index is -0.386. The Hall–Kier alpha value is -3.54. The Morgan fingerprint density at radius 2 is 1.69 bits per heavy atom. The number of rotatable bonds is 4. The smallest absolute Gasteiger partial charge is 0.337 e. The number of nitrogens with zero attached hydrogens (tertiary/aromatic N) is 1. The van der Waals surface area contributed by atoms with Crippen molar-refractivity contribution in [2.75, 3.05) is 21.3 Å². The summed E-state index contributed by atoms with van der Waals surface area (Å²) in [6, 6.07) is 14.7. The Bertz CT molecular complexity index is 1080. The van der Waals surface area contributed by atoms with Crippen LogP contribution in [0.3, 0.4) is 0 Å². The first kappa shape index (κ1) is 18.8. The summed E-state index contributed by atoms with van der Waals surface area (Å²) in [5, 5.41) is 0. The predicted octanol–water partition coefficient (Wildman–Crippen LogP) is 4.00. The zero-order chi connectivity index (χ0) is 20.5. The van der Waals surface area contributed by atoms with Gasteiger partial charge in [-0.1, -0.05) is 12.1 Å². The highest BCUT2D eigenvalue weighted by atomic mass is 16.5. The standard InChI is InChI=1S/C23H21NO5/c1-27-21-12-17-19(13-22(21)28-2)24-10-4-5-18(24)16(11-20(17)25)14-6-8-15(9-7-14)23(26)29-3/h4-10,12-13,16H,11H2,1-3H3. The van der Waals surface area contributed by atoms with Crippen LogP contribution in [0.1, 0.15) is 44.3 Å². The maximum Gasteiger partial charge on any atom is 0.337 e. The molecule has 6 heteroatoms. The van der Waals surface area contributed by atoms with Crippen molar-refractivity contribution >= 4 is 11.8 Å². The number of benzene rings is 2. The van der Waals surface area contributed by atoms with Crippen LogP contribution < -0.4 is 9.47 Å². The molecule has 0 aliphatic carbocycles. The molecular formula is C23H21NO5. The van der Waals surface area contributed by atoms with E-state index in [9.17, 15) is 9.59 Å². The molecule has 0 saturated heterocycles. The van der Waals surface area contributed by atoms with E-state index in [0.717, 1.165) is 16.9 Å². The number of esters is 1. The number of fused-ring (bicyclic) bond motifs is 3. The number of hydrogen-bond donors (Lipinski definition) is 0. The van der Waals surface area contributed by atoms with E-state index in [2.05, 4.69) is 0 Å². The van der Waals surface area contributed by atoms with Crippen LogP contribution in [-0.4, -0.2) is 37.6 Å². The SMILES string of the molecule is COC(=O)c1ccc(C2CC(=O)c3cc(OC)c(OC)cc3-n3cccc32)cc1. The van der Waals surface area contributed by atoms with E-state index in [0.29, 0.717) is 29.0 Å². The van der Waals surface area contributed by atoms with Crippen molar-refractivity contribution in [1.82, 2.24) is 4.57 Å². The Balaban J connectivity index is 1.82. The Morgan fingerprint density at radius 3 is 2.34 bits per heavy atom. The molecule has 148 valence electrons. The number of ether oxygens (including phenoxy) is 3. The molecule has 1 aromatic heterocycles. The summed E-state index contributed by atoms with van der Waals surface area (Å²) in [4.78, 5) is 24.9. The summed E-state index contributed by atoms with van der Waals surface area (Å²) in [5.41, 5.74) is 3.78. The lowest BCUT2D eigenvalue weighted by molar-refractivity contribution is 0.0600. The van der Waals surface area contributed by atoms with Gasteiger partial charge in [0, 0.05) is 35.9 Å². The molecule has 0 radical (unpaired) electrons. The molecular weight excluding hydrogens is 370 g/mol. The molecule has 4 rings (SSSR count). The monoisotopic (exact) mass is 391 g/mol. The van der Waals surface area contributed by atoms with Crippen molar-refractivity contribution in [1.29, 1.82) is 0 Å². The van der Waals surface area contributed by atoms with E-state index < -0.39 is 0 Å². The van der Waals surface area contributed by atoms with E-state index >= 15 is 0 Å². The average Bonchev–Trinajstić information content (AvgIpc) is 3.21. The highest BCUT2D eigenvalue weighted by molar-refractivity contribution is 6.01. The summed E-state index contributed by atoms with van der Waals surface area (Å²) < 4.78 is 17.6. The molecule has 0 spiro atoms. The molecule has 1 aliphatic rings. The minimum Gasteiger partial charge on any atom is -0.493 e. The lowest BCUT2D eigenvalue weighted by Crippen LogP contribution is -2.08. The van der Waals surface area contributed by atoms with Gasteiger partial charge >= 0.3 is 5.97 Å². The minimum absolute atomic E-state index is 0.0201. The Labute approximate surface area is 168 Å². The van der Waals surface area contributed by atoms with Gasteiger partial charge in [0.1, 0.15) is 0 Å². The topological polar surface area (TPSA) is 66.8 Å². The number of aromatic nitrogens is 1. The molecule has 1 unspecified atom stereocenters. The molecule has 0 fully saturated rings. The first-order valence-corrected chi connectivity index (χ1v) is 9.22. The fourth-order valence-corrected chi connectivity index (χ4v) is 3.85. The van der Waals surface area contributed by atoms with Gasteiger partial charge < -0.3 is 18.8 Å². The van der Waals surface area contributed by atoms with Gasteiger partial charge in [-0.3, -0.25) is 4.79 Å². The highest BCUT2D eigenvalue weighted by Crippen LogP contribution is 2.40. The molecule has 0 N–H and O–H groups in total. The number of carbonyl (C=O) groups is 2. The summed E-state index contributed by atoms with van der Waals surface area (Å²) in [5.74, 6) is 0.581. The van der Waals surface area contributed by atoms with Crippen LogP contribution in [0, 0.1) is 0 Å². The fourth-order valence-electron chi connectivity index (χ4n) is 3.85. The van der Waals surface area contributed by atoms with Crippen molar-refractivity contribution in [3.63, 3.8) is 0 Å². The number of Topliss-reactive ketones (excluding diaryl/α,β-unsaturated/α-hetero) is 1. The zero-order valence-corrected chi connectivity index (χ0v) is 16.5. The molecule has 0 amide bonds. The number of hydrogen-bond acceptors (Lipinski definition) is 5. The maximum absolute atomic E-state index is 13.2. The largest absolute Gasteiger partial charge is 0.493 e. The molecule has 0 bridgehead atoms. The second kappa shape index (κ2) is 7.47. The molecule has 6 nitrogen and oxygen atoms in total. The van der Waals surface area contributed by atoms with Gasteiger partial charge in [0.2, 0.25) is 0 Å². The van der Waals surface area contributed by atoms with Gasteiger partial charge in [0.05, 0.1) is 32.6 Å². The average molecular weight is 391 g/mol. The third-order valence-corrected chi connectivity index (χ3v) is 5.32. The van der Waals surface area contributed by atoms with Crippen LogP contribution in [0.25, 0.3) is 5.69 Å². The van der Waals surface area contributed by atoms with E-state index in [1.54, 1.807) is 32.4 Å². The normalized spacial score (nSPS) is 15.1. The zero-order valence-electron chi connectivity index (χ0n) is 16.5. The lowest BCUT2D eigenvalue weighted by atomic mass is 9.89. The van der Waals surface area contributed by atoms with Crippen LogP contribution in [0.2, 0.25) is 0 Å². The van der Waals surface area contributed by atoms with Crippen LogP contribution in [0.15, 0.2) is 54.7 Å². The molecule has 2 aromatic carbocycles. The molecule has 2 heterocycles. The van der Waals surface area contributed by atoms with Gasteiger partial charge in [-0.15, -0.1) is 0 Å². The number of carbonyl (C=O) groups excluding carboxylic acids is 2. The molecule has 29 heavy (non-hydrogen) atoms. The third kappa shape index (κ3) is 3.16. The van der Waals surface area contributed by atoms with Gasteiger partial charge in [0.25, 0.3) is 0 Å². The second-order valence-electron chi connectivity index (χ2n) is 6.82. The summed E-state index contributed by atoms with van der Waals surface area (Å²) >= 11 is 0. The van der Waals surface area contributed by atoms with E-state index in [4.69, 9.17) is 14.2 Å². The molecule has 3 aromatic rings. The van der Waals surface area contributed by atoms with Gasteiger partial charge in [0.15, 0.2) is 17.3 Å². The Kier molecular flexibility index (Phi) is 4.84. The number of ketones is 1. The van der Waals surface area contributed by atoms with Crippen molar-refractivity contribution in [3.05, 3.63) is 77.1 Å². The summed E-state index contributed by atoms with van der Waals surface area (Å²) in [6.07, 6.45) is 2.25. The van der Waals surface area contributed by atoms with Crippen LogP contribution in [0.5, 0.6) is 11.5 Å². The van der Waals surface area contributed by atoms with E-state index in [1.807, 2.05) is 41.1 Å². The van der Waals surface area contributed by atoms with E-state index in [1.165, 1.54) is 7.11 Å². The van der Waals surface area contributed by atoms with Crippen LogP contribution >= 0.6 is 0 Å². The van der Waals surface area contributed by atoms with Gasteiger partial charge in [-0.05, 0) is 35.9 Å². The van der Waals surface area contributed by atoms with Gasteiger partial charge in [-0.25, -0.2) is 4.79 Å². The van der Waals surface area contributed by atoms with Crippen molar-refractivity contribution in [2.45, 2.75) is 12.3 Å². The van der Waals surface area contributed by atoms with E-state index in [-0.39, 0.29) is 17.7 Å². The molecule has 1 atom stereocenters. The maximum atomic E-state index is 13.2. The van der Waals surface area contributed by atoms with Crippen molar-refractivity contribution < 1.29 is 23.8 Å². The summed E-state index contributed by atoms with van der Waals surface area (Å²) in [6.45, 7) is 0. The van der Waals surface area contributed by atoms with Gasteiger partial charge in [-0.2, -0.15) is 0 Å². The second-order valence-corrected chi connectivity index (χ2v) is 6.82. The lowest BCUT2D eigenvalue weighted by Gasteiger charge is -2.17. The highest BCUT2D eigenvalue weighted by Gasteiger charge is 2.29. The van der Waals surface area contributed by atoms with Crippen LogP contribution in [0.4, 0.5) is 0 Å². The molecule has 0 saturated carbocycles.